The first-order valence-corrected chi connectivity index (χ1v) is 7.78. The van der Waals surface area contributed by atoms with Crippen molar-refractivity contribution in [1.29, 1.82) is 0 Å². The van der Waals surface area contributed by atoms with Gasteiger partial charge in [0.05, 0.1) is 6.54 Å². The predicted octanol–water partition coefficient (Wildman–Crippen LogP) is -0.398. The largest absolute Gasteiger partial charge is 0.329 e. The minimum atomic E-state index is -0.845. The Morgan fingerprint density at radius 3 is 2.14 bits per heavy atom. The van der Waals surface area contributed by atoms with Crippen LogP contribution < -0.4 is 10.6 Å². The molecule has 9 heteroatoms. The van der Waals surface area contributed by atoms with E-state index < -0.39 is 5.54 Å². The van der Waals surface area contributed by atoms with Gasteiger partial charge in [0.15, 0.2) is 0 Å². The van der Waals surface area contributed by atoms with Crippen LogP contribution in [-0.2, 0) is 9.59 Å². The number of carbonyl (C=O) groups is 4. The predicted molar refractivity (Wildman–Crippen MR) is 76.8 cm³/mol. The highest BCUT2D eigenvalue weighted by Gasteiger charge is 2.43. The highest BCUT2D eigenvalue weighted by atomic mass is 32.2. The Kier molecular flexibility index (Phi) is 4.40. The summed E-state index contributed by atoms with van der Waals surface area (Å²) in [7, 11) is 0. The van der Waals surface area contributed by atoms with Gasteiger partial charge in [-0.05, 0) is 13.8 Å². The number of hydrogen-bond donors (Lipinski definition) is 2. The molecule has 2 aliphatic heterocycles. The van der Waals surface area contributed by atoms with Gasteiger partial charge >= 0.3 is 12.1 Å². The molecule has 2 fully saturated rings. The van der Waals surface area contributed by atoms with Gasteiger partial charge in [0.1, 0.15) is 5.54 Å². The lowest BCUT2D eigenvalue weighted by molar-refractivity contribution is -0.130. The van der Waals surface area contributed by atoms with E-state index in [0.29, 0.717) is 24.6 Å². The van der Waals surface area contributed by atoms with E-state index in [9.17, 15) is 19.2 Å². The van der Waals surface area contributed by atoms with Crippen LogP contribution in [0.2, 0.25) is 0 Å². The van der Waals surface area contributed by atoms with Crippen molar-refractivity contribution >= 4 is 35.6 Å². The zero-order chi connectivity index (χ0) is 15.6. The first-order chi connectivity index (χ1) is 9.83. The average molecular weight is 314 g/mol. The third-order valence-corrected chi connectivity index (χ3v) is 4.24. The van der Waals surface area contributed by atoms with Crippen LogP contribution in [0.15, 0.2) is 0 Å². The number of urea groups is 2. The summed E-state index contributed by atoms with van der Waals surface area (Å²) in [6.45, 7) is 4.04. The molecule has 0 unspecified atom stereocenters. The Morgan fingerprint density at radius 1 is 1.05 bits per heavy atom. The first-order valence-electron chi connectivity index (χ1n) is 6.63. The van der Waals surface area contributed by atoms with E-state index >= 15 is 0 Å². The van der Waals surface area contributed by atoms with Crippen LogP contribution in [0.25, 0.3) is 0 Å². The van der Waals surface area contributed by atoms with Crippen LogP contribution in [-0.4, -0.2) is 70.4 Å². The molecular weight excluding hydrogens is 296 g/mol. The fourth-order valence-electron chi connectivity index (χ4n) is 2.12. The van der Waals surface area contributed by atoms with Gasteiger partial charge in [-0.25, -0.2) is 9.59 Å². The lowest BCUT2D eigenvalue weighted by Crippen LogP contribution is -2.40. The summed E-state index contributed by atoms with van der Waals surface area (Å²) < 4.78 is 0. The van der Waals surface area contributed by atoms with Crippen molar-refractivity contribution in [2.75, 3.05) is 31.1 Å². The molecular formula is C12H18N4O4S. The lowest BCUT2D eigenvalue weighted by Gasteiger charge is -2.16. The minimum Gasteiger partial charge on any atom is -0.329 e. The van der Waals surface area contributed by atoms with Crippen LogP contribution in [0, 0.1) is 0 Å². The Bertz CT molecular complexity index is 478. The number of thioether (sulfide) groups is 1. The van der Waals surface area contributed by atoms with E-state index in [1.54, 1.807) is 13.8 Å². The minimum absolute atomic E-state index is 0.0566. The summed E-state index contributed by atoms with van der Waals surface area (Å²) in [5.74, 6) is 0.684. The Hall–Kier alpha value is -1.77. The van der Waals surface area contributed by atoms with Gasteiger partial charge in [-0.1, -0.05) is 0 Å². The number of carbonyl (C=O) groups excluding carboxylic acids is 4. The molecule has 2 aliphatic rings. The van der Waals surface area contributed by atoms with Gasteiger partial charge < -0.3 is 10.6 Å². The van der Waals surface area contributed by atoms with Gasteiger partial charge in [0.2, 0.25) is 5.91 Å². The van der Waals surface area contributed by atoms with E-state index in [0.717, 1.165) is 0 Å². The van der Waals surface area contributed by atoms with E-state index in [1.165, 1.54) is 21.6 Å². The number of hydrogen-bond acceptors (Lipinski definition) is 5. The van der Waals surface area contributed by atoms with Crippen molar-refractivity contribution < 1.29 is 19.2 Å². The van der Waals surface area contributed by atoms with Crippen LogP contribution in [0.1, 0.15) is 13.8 Å². The number of nitrogens with one attached hydrogen (secondary N) is 2. The van der Waals surface area contributed by atoms with Crippen molar-refractivity contribution in [1.82, 2.24) is 20.4 Å². The maximum Gasteiger partial charge on any atom is 0.325 e. The highest BCUT2D eigenvalue weighted by Crippen LogP contribution is 2.17. The maximum absolute atomic E-state index is 11.9. The van der Waals surface area contributed by atoms with Crippen molar-refractivity contribution in [2.45, 2.75) is 19.4 Å². The SMILES string of the molecule is CC1(C)NC(=O)N(CCSCCN2C(=O)CNC2=O)C1=O. The number of rotatable bonds is 6. The molecule has 2 saturated heterocycles. The molecule has 6 amide bonds. The molecule has 0 aromatic carbocycles. The van der Waals surface area contributed by atoms with Gasteiger partial charge in [-0.2, -0.15) is 11.8 Å². The van der Waals surface area contributed by atoms with E-state index in [2.05, 4.69) is 10.6 Å². The lowest BCUT2D eigenvalue weighted by atomic mass is 10.1. The molecule has 0 atom stereocenters. The van der Waals surface area contributed by atoms with Gasteiger partial charge in [0, 0.05) is 24.6 Å². The molecule has 0 aromatic heterocycles. The fourth-order valence-corrected chi connectivity index (χ4v) is 2.94. The van der Waals surface area contributed by atoms with E-state index in [-0.39, 0.29) is 30.4 Å². The van der Waals surface area contributed by atoms with Crippen LogP contribution >= 0.6 is 11.8 Å². The molecule has 8 nitrogen and oxygen atoms in total. The molecule has 21 heavy (non-hydrogen) atoms. The molecule has 2 rings (SSSR count). The average Bonchev–Trinajstić information content (AvgIpc) is 2.81. The zero-order valence-corrected chi connectivity index (χ0v) is 12.8. The molecule has 0 aliphatic carbocycles. The molecule has 0 aromatic rings. The third-order valence-electron chi connectivity index (χ3n) is 3.30. The van der Waals surface area contributed by atoms with Gasteiger partial charge in [-0.3, -0.25) is 19.4 Å². The number of imide groups is 2. The van der Waals surface area contributed by atoms with Gasteiger partial charge in [-0.15, -0.1) is 0 Å². The Balaban J connectivity index is 1.69. The molecule has 0 spiro atoms. The second-order valence-corrected chi connectivity index (χ2v) is 6.55. The topological polar surface area (TPSA) is 98.8 Å². The van der Waals surface area contributed by atoms with E-state index in [1.807, 2.05) is 0 Å². The van der Waals surface area contributed by atoms with Crippen molar-refractivity contribution in [3.05, 3.63) is 0 Å². The van der Waals surface area contributed by atoms with Crippen LogP contribution in [0.4, 0.5) is 9.59 Å². The smallest absolute Gasteiger partial charge is 0.325 e. The highest BCUT2D eigenvalue weighted by molar-refractivity contribution is 7.99. The Labute approximate surface area is 126 Å². The zero-order valence-electron chi connectivity index (χ0n) is 12.0. The quantitative estimate of drug-likeness (QED) is 0.513. The molecule has 0 bridgehead atoms. The maximum atomic E-state index is 11.9. The third kappa shape index (κ3) is 3.29. The molecule has 2 heterocycles. The normalized spacial score (nSPS) is 21.0. The fraction of sp³-hybridized carbons (Fsp3) is 0.667. The summed E-state index contributed by atoms with van der Waals surface area (Å²) in [6, 6.07) is -0.740. The summed E-state index contributed by atoms with van der Waals surface area (Å²) in [4.78, 5) is 48.6. The van der Waals surface area contributed by atoms with Crippen molar-refractivity contribution in [3.8, 4) is 0 Å². The first kappa shape index (κ1) is 15.6. The molecule has 116 valence electrons. The monoisotopic (exact) mass is 314 g/mol. The van der Waals surface area contributed by atoms with Crippen LogP contribution in [0.5, 0.6) is 0 Å². The van der Waals surface area contributed by atoms with Crippen LogP contribution in [0.3, 0.4) is 0 Å². The number of nitrogens with zero attached hydrogens (tertiary/aromatic N) is 2. The summed E-state index contributed by atoms with van der Waals surface area (Å²) in [6.07, 6.45) is 0. The van der Waals surface area contributed by atoms with E-state index in [4.69, 9.17) is 0 Å². The molecule has 2 N–H and O–H groups in total. The summed E-state index contributed by atoms with van der Waals surface area (Å²) in [5, 5.41) is 5.06. The molecule has 0 radical (unpaired) electrons. The van der Waals surface area contributed by atoms with Crippen molar-refractivity contribution in [3.63, 3.8) is 0 Å². The second kappa shape index (κ2) is 5.92. The summed E-state index contributed by atoms with van der Waals surface area (Å²) in [5.41, 5.74) is -0.845. The second-order valence-electron chi connectivity index (χ2n) is 5.33. The number of amides is 6. The van der Waals surface area contributed by atoms with Crippen molar-refractivity contribution in [2.24, 2.45) is 0 Å². The Morgan fingerprint density at radius 2 is 1.67 bits per heavy atom. The summed E-state index contributed by atoms with van der Waals surface area (Å²) >= 11 is 1.49. The van der Waals surface area contributed by atoms with Gasteiger partial charge in [0.25, 0.3) is 5.91 Å². The standard InChI is InChI=1S/C12H18N4O4S/c1-12(2)9(18)16(11(20)14-12)4-6-21-5-3-15-8(17)7-13-10(15)19/h3-7H2,1-2H3,(H,13,19)(H,14,20). The molecule has 0 saturated carbocycles.